The van der Waals surface area contributed by atoms with Crippen molar-refractivity contribution in [1.29, 1.82) is 0 Å². The van der Waals surface area contributed by atoms with Gasteiger partial charge in [-0.1, -0.05) is 66.0 Å². The first-order chi connectivity index (χ1) is 18.9. The third kappa shape index (κ3) is 5.36. The fourth-order valence-electron chi connectivity index (χ4n) is 10.1. The highest BCUT2D eigenvalue weighted by Crippen LogP contribution is 2.67. The maximum absolute atomic E-state index is 10.5. The molecule has 5 aliphatic rings. The molecule has 0 aromatic heterocycles. The molecule has 0 aromatic rings. The third-order valence-corrected chi connectivity index (χ3v) is 13.2. The van der Waals surface area contributed by atoms with Crippen LogP contribution in [0.5, 0.6) is 0 Å². The molecule has 1 saturated heterocycles. The van der Waals surface area contributed by atoms with E-state index < -0.39 is 37.3 Å². The molecule has 0 spiro atoms. The summed E-state index contributed by atoms with van der Waals surface area (Å²) in [5.74, 6) is 5.60. The number of hydrogen-bond donors (Lipinski definition) is 4. The summed E-state index contributed by atoms with van der Waals surface area (Å²) in [6.07, 6.45) is 8.56. The topological polar surface area (TPSA) is 99.4 Å². The van der Waals surface area contributed by atoms with Gasteiger partial charge in [-0.05, 0) is 104 Å². The molecule has 4 N–H and O–H groups in total. The van der Waals surface area contributed by atoms with Gasteiger partial charge >= 0.3 is 0 Å². The predicted molar refractivity (Wildman–Crippen MR) is 156 cm³/mol. The van der Waals surface area contributed by atoms with Crippen molar-refractivity contribution in [2.75, 3.05) is 6.61 Å². The summed E-state index contributed by atoms with van der Waals surface area (Å²) >= 11 is 0. The van der Waals surface area contributed by atoms with Crippen LogP contribution in [0.2, 0.25) is 0 Å². The lowest BCUT2D eigenvalue weighted by molar-refractivity contribution is -0.313. The number of aliphatic hydroxyl groups is 4. The van der Waals surface area contributed by atoms with E-state index in [1.165, 1.54) is 50.5 Å². The molecule has 5 rings (SSSR count). The van der Waals surface area contributed by atoms with Crippen molar-refractivity contribution in [3.63, 3.8) is 0 Å². The van der Waals surface area contributed by atoms with E-state index in [4.69, 9.17) is 9.47 Å². The zero-order valence-electron chi connectivity index (χ0n) is 26.0. The molecule has 3 unspecified atom stereocenters. The summed E-state index contributed by atoms with van der Waals surface area (Å²) in [4.78, 5) is 0. The molecular weight excluding hydrogens is 504 g/mol. The molecule has 0 bridgehead atoms. The Morgan fingerprint density at radius 1 is 0.925 bits per heavy atom. The van der Waals surface area contributed by atoms with Gasteiger partial charge in [-0.2, -0.15) is 0 Å². The summed E-state index contributed by atoms with van der Waals surface area (Å²) in [6, 6.07) is 0. The lowest BCUT2D eigenvalue weighted by atomic mass is 9.47. The zero-order chi connectivity index (χ0) is 29.0. The molecule has 40 heavy (non-hydrogen) atoms. The van der Waals surface area contributed by atoms with Crippen molar-refractivity contribution in [2.24, 2.45) is 52.3 Å². The highest BCUT2D eigenvalue weighted by Gasteiger charge is 2.59. The Morgan fingerprint density at radius 3 is 2.38 bits per heavy atom. The van der Waals surface area contributed by atoms with Gasteiger partial charge in [-0.25, -0.2) is 0 Å². The van der Waals surface area contributed by atoms with E-state index in [1.807, 2.05) is 0 Å². The molecule has 14 atom stereocenters. The maximum atomic E-state index is 10.5. The lowest BCUT2D eigenvalue weighted by Gasteiger charge is -2.58. The summed E-state index contributed by atoms with van der Waals surface area (Å²) < 4.78 is 11.9. The minimum Gasteiger partial charge on any atom is -0.394 e. The molecule has 0 radical (unpaired) electrons. The Hall–Kier alpha value is -0.500. The van der Waals surface area contributed by atoms with Gasteiger partial charge < -0.3 is 29.9 Å². The van der Waals surface area contributed by atoms with Gasteiger partial charge in [0.2, 0.25) is 0 Å². The van der Waals surface area contributed by atoms with E-state index in [1.54, 1.807) is 0 Å². The summed E-state index contributed by atoms with van der Waals surface area (Å²) in [7, 11) is 0. The first kappa shape index (κ1) is 30.9. The standard InChI is InChI=1S/C34H58O6/c1-19(2)20(3)7-8-21(4)25-11-12-26-24-10-9-22-17-23(13-15-33(22,5)27(24)14-16-34(25,26)6)39-32-31(38)30(37)29(36)28(18-35)40-32/h9,19-21,23-32,35-38H,7-8,10-18H2,1-6H3/t20-,21-,23+,24+,25-,26+,27+,28?,29-,30?,31?,32-,33+,34-/m1/s1. The molecule has 3 saturated carbocycles. The van der Waals surface area contributed by atoms with Gasteiger partial charge in [0.15, 0.2) is 6.29 Å². The summed E-state index contributed by atoms with van der Waals surface area (Å²) in [6.45, 7) is 14.4. The van der Waals surface area contributed by atoms with E-state index in [9.17, 15) is 20.4 Å². The smallest absolute Gasteiger partial charge is 0.186 e. The SMILES string of the molecule is CC(C)[C@H](C)CC[C@@H](C)[C@H]1CC[C@H]2[C@@H]3CC=C4C[C@@H](O[C@@H]5OC(CO)[C@@H](O)C(O)C5O)CC[C@]4(C)[C@H]3CC[C@]12C. The van der Waals surface area contributed by atoms with Crippen LogP contribution in [-0.2, 0) is 9.47 Å². The van der Waals surface area contributed by atoms with Crippen LogP contribution in [-0.4, -0.2) is 63.8 Å². The summed E-state index contributed by atoms with van der Waals surface area (Å²) in [5.41, 5.74) is 2.19. The molecule has 6 heteroatoms. The number of fused-ring (bicyclic) bond motifs is 5. The molecule has 4 fully saturated rings. The highest BCUT2D eigenvalue weighted by atomic mass is 16.7. The van der Waals surface area contributed by atoms with Crippen molar-refractivity contribution in [1.82, 2.24) is 0 Å². The van der Waals surface area contributed by atoms with Crippen molar-refractivity contribution in [3.05, 3.63) is 11.6 Å². The van der Waals surface area contributed by atoms with Crippen molar-refractivity contribution >= 4 is 0 Å². The van der Waals surface area contributed by atoms with Crippen LogP contribution in [0.4, 0.5) is 0 Å². The van der Waals surface area contributed by atoms with E-state index in [2.05, 4.69) is 47.6 Å². The van der Waals surface area contributed by atoms with Gasteiger partial charge in [-0.15, -0.1) is 0 Å². The minimum absolute atomic E-state index is 0.101. The first-order valence-electron chi connectivity index (χ1n) is 16.6. The Kier molecular flexibility index (Phi) is 9.19. The second-order valence-corrected chi connectivity index (χ2v) is 15.5. The number of aliphatic hydroxyl groups excluding tert-OH is 4. The minimum atomic E-state index is -1.40. The largest absolute Gasteiger partial charge is 0.394 e. The van der Waals surface area contributed by atoms with Crippen LogP contribution in [0.3, 0.4) is 0 Å². The van der Waals surface area contributed by atoms with Crippen molar-refractivity contribution < 1.29 is 29.9 Å². The second kappa shape index (κ2) is 11.9. The Labute approximate surface area is 242 Å². The number of allylic oxidation sites excluding steroid dienone is 1. The van der Waals surface area contributed by atoms with Crippen molar-refractivity contribution in [3.8, 4) is 0 Å². The van der Waals surface area contributed by atoms with E-state index >= 15 is 0 Å². The Bertz CT molecular complexity index is 903. The average molecular weight is 563 g/mol. The summed E-state index contributed by atoms with van der Waals surface area (Å²) in [5, 5.41) is 40.3. The van der Waals surface area contributed by atoms with Gasteiger partial charge in [0.05, 0.1) is 12.7 Å². The quantitative estimate of drug-likeness (QED) is 0.293. The average Bonchev–Trinajstić information content (AvgIpc) is 3.29. The molecular formula is C34H58O6. The van der Waals surface area contributed by atoms with Crippen molar-refractivity contribution in [2.45, 2.75) is 143 Å². The lowest BCUT2D eigenvalue weighted by Crippen LogP contribution is -2.60. The number of ether oxygens (including phenoxy) is 2. The Balaban J connectivity index is 1.24. The molecule has 230 valence electrons. The van der Waals surface area contributed by atoms with E-state index in [-0.39, 0.29) is 11.5 Å². The van der Waals surface area contributed by atoms with Gasteiger partial charge in [0, 0.05) is 0 Å². The van der Waals surface area contributed by atoms with Crippen LogP contribution in [0.15, 0.2) is 11.6 Å². The highest BCUT2D eigenvalue weighted by molar-refractivity contribution is 5.25. The molecule has 6 nitrogen and oxygen atoms in total. The molecule has 1 heterocycles. The van der Waals surface area contributed by atoms with Crippen LogP contribution >= 0.6 is 0 Å². The van der Waals surface area contributed by atoms with Gasteiger partial charge in [-0.3, -0.25) is 0 Å². The predicted octanol–water partition coefficient (Wildman–Crippen LogP) is 5.46. The van der Waals surface area contributed by atoms with Crippen LogP contribution < -0.4 is 0 Å². The Morgan fingerprint density at radius 2 is 1.68 bits per heavy atom. The zero-order valence-corrected chi connectivity index (χ0v) is 26.0. The molecule has 1 aliphatic heterocycles. The van der Waals surface area contributed by atoms with E-state index in [0.29, 0.717) is 5.41 Å². The molecule has 0 aromatic carbocycles. The first-order valence-corrected chi connectivity index (χ1v) is 16.6. The fraction of sp³-hybridized carbons (Fsp3) is 0.941. The number of hydrogen-bond acceptors (Lipinski definition) is 6. The van der Waals surface area contributed by atoms with Crippen LogP contribution in [0, 0.1) is 52.3 Å². The second-order valence-electron chi connectivity index (χ2n) is 15.5. The maximum Gasteiger partial charge on any atom is 0.186 e. The van der Waals surface area contributed by atoms with Gasteiger partial charge in [0.1, 0.15) is 24.4 Å². The third-order valence-electron chi connectivity index (χ3n) is 13.2. The van der Waals surface area contributed by atoms with Crippen LogP contribution in [0.25, 0.3) is 0 Å². The van der Waals surface area contributed by atoms with Crippen LogP contribution in [0.1, 0.15) is 106 Å². The monoisotopic (exact) mass is 562 g/mol. The van der Waals surface area contributed by atoms with Gasteiger partial charge in [0.25, 0.3) is 0 Å². The normalized spacial score (nSPS) is 48.6. The fourth-order valence-corrected chi connectivity index (χ4v) is 10.1. The van der Waals surface area contributed by atoms with E-state index in [0.717, 1.165) is 60.7 Å². The molecule has 4 aliphatic carbocycles. The number of rotatable bonds is 8. The molecule has 0 amide bonds.